The molecule has 0 aromatic heterocycles. The molecule has 0 heteroatoms. The summed E-state index contributed by atoms with van der Waals surface area (Å²) in [5.41, 5.74) is 5.38. The third kappa shape index (κ3) is 2.00. The summed E-state index contributed by atoms with van der Waals surface area (Å²) in [4.78, 5) is 0. The Morgan fingerprint density at radius 1 is 1.18 bits per heavy atom. The highest BCUT2D eigenvalue weighted by Crippen LogP contribution is 2.45. The third-order valence-corrected chi connectivity index (χ3v) is 3.44. The van der Waals surface area contributed by atoms with Crippen molar-refractivity contribution in [1.29, 1.82) is 0 Å². The molecule has 1 aromatic carbocycles. The van der Waals surface area contributed by atoms with Gasteiger partial charge in [0, 0.05) is 5.92 Å². The van der Waals surface area contributed by atoms with Gasteiger partial charge in [0.05, 0.1) is 0 Å². The van der Waals surface area contributed by atoms with Crippen molar-refractivity contribution in [3.63, 3.8) is 0 Å². The Hall–Kier alpha value is -1.56. The van der Waals surface area contributed by atoms with Gasteiger partial charge in [-0.05, 0) is 34.6 Å². The van der Waals surface area contributed by atoms with Crippen molar-refractivity contribution in [3.05, 3.63) is 66.3 Å². The third-order valence-electron chi connectivity index (χ3n) is 3.44. The number of benzene rings is 1. The average Bonchev–Trinajstić information content (AvgIpc) is 2.62. The number of fused-ring (bicyclic) bond motifs is 1. The largest absolute Gasteiger partial charge is 0.0987 e. The van der Waals surface area contributed by atoms with Crippen LogP contribution in [-0.2, 0) is 0 Å². The molecule has 0 radical (unpaired) electrons. The van der Waals surface area contributed by atoms with Gasteiger partial charge in [-0.25, -0.2) is 0 Å². The van der Waals surface area contributed by atoms with Crippen LogP contribution in [0.3, 0.4) is 0 Å². The standard InChI is InChI=1S/C17H20/c1-5-13-14(6-2)17(11-12(3)4)16-10-8-7-9-15(13)16/h5-10,12,17H,1-2,11H2,3-4H3. The van der Waals surface area contributed by atoms with E-state index in [0.29, 0.717) is 11.8 Å². The second-order valence-electron chi connectivity index (χ2n) is 5.05. The summed E-state index contributed by atoms with van der Waals surface area (Å²) < 4.78 is 0. The SMILES string of the molecule is C=CC1=C(C=C)C(CC(C)C)c2ccccc21. The molecular weight excluding hydrogens is 204 g/mol. The molecule has 0 nitrogen and oxygen atoms in total. The Bertz CT molecular complexity index is 475. The van der Waals surface area contributed by atoms with Crippen LogP contribution in [0, 0.1) is 5.92 Å². The van der Waals surface area contributed by atoms with Gasteiger partial charge < -0.3 is 0 Å². The molecular formula is C17H20. The van der Waals surface area contributed by atoms with Gasteiger partial charge in [0.25, 0.3) is 0 Å². The van der Waals surface area contributed by atoms with Gasteiger partial charge in [0.1, 0.15) is 0 Å². The summed E-state index contributed by atoms with van der Waals surface area (Å²) in [7, 11) is 0. The fraction of sp³-hybridized carbons (Fsp3) is 0.294. The monoisotopic (exact) mass is 224 g/mol. The molecule has 0 N–H and O–H groups in total. The van der Waals surface area contributed by atoms with Gasteiger partial charge in [0.2, 0.25) is 0 Å². The van der Waals surface area contributed by atoms with E-state index >= 15 is 0 Å². The van der Waals surface area contributed by atoms with Crippen LogP contribution in [-0.4, -0.2) is 0 Å². The van der Waals surface area contributed by atoms with Gasteiger partial charge in [-0.3, -0.25) is 0 Å². The molecule has 0 saturated heterocycles. The van der Waals surface area contributed by atoms with E-state index in [0.717, 1.165) is 0 Å². The van der Waals surface area contributed by atoms with E-state index in [-0.39, 0.29) is 0 Å². The lowest BCUT2D eigenvalue weighted by atomic mass is 9.87. The summed E-state index contributed by atoms with van der Waals surface area (Å²) in [6, 6.07) is 8.65. The molecule has 0 fully saturated rings. The number of hydrogen-bond acceptors (Lipinski definition) is 0. The fourth-order valence-electron chi connectivity index (χ4n) is 2.76. The maximum absolute atomic E-state index is 3.98. The molecule has 1 aromatic rings. The molecule has 1 unspecified atom stereocenters. The molecule has 0 saturated carbocycles. The predicted molar refractivity (Wildman–Crippen MR) is 76.0 cm³/mol. The highest BCUT2D eigenvalue weighted by molar-refractivity contribution is 5.85. The van der Waals surface area contributed by atoms with Crippen molar-refractivity contribution in [1.82, 2.24) is 0 Å². The zero-order chi connectivity index (χ0) is 12.4. The van der Waals surface area contributed by atoms with E-state index in [1.165, 1.54) is 28.7 Å². The van der Waals surface area contributed by atoms with Crippen LogP contribution < -0.4 is 0 Å². The van der Waals surface area contributed by atoms with E-state index in [9.17, 15) is 0 Å². The second-order valence-corrected chi connectivity index (χ2v) is 5.05. The van der Waals surface area contributed by atoms with Crippen LogP contribution in [0.5, 0.6) is 0 Å². The Morgan fingerprint density at radius 3 is 2.47 bits per heavy atom. The fourth-order valence-corrected chi connectivity index (χ4v) is 2.76. The van der Waals surface area contributed by atoms with Gasteiger partial charge in [-0.2, -0.15) is 0 Å². The van der Waals surface area contributed by atoms with E-state index in [1.54, 1.807) is 0 Å². The van der Waals surface area contributed by atoms with E-state index < -0.39 is 0 Å². The first-order valence-electron chi connectivity index (χ1n) is 6.27. The number of allylic oxidation sites excluding steroid dienone is 4. The van der Waals surface area contributed by atoms with Crippen molar-refractivity contribution in [2.45, 2.75) is 26.2 Å². The molecule has 17 heavy (non-hydrogen) atoms. The molecule has 1 atom stereocenters. The zero-order valence-corrected chi connectivity index (χ0v) is 10.7. The van der Waals surface area contributed by atoms with Gasteiger partial charge in [0.15, 0.2) is 0 Å². The summed E-state index contributed by atoms with van der Waals surface area (Å²) >= 11 is 0. The molecule has 0 bridgehead atoms. The van der Waals surface area contributed by atoms with Crippen LogP contribution in [0.25, 0.3) is 5.57 Å². The van der Waals surface area contributed by atoms with E-state index in [1.807, 2.05) is 12.2 Å². The maximum Gasteiger partial charge on any atom is 0.0104 e. The van der Waals surface area contributed by atoms with Crippen molar-refractivity contribution < 1.29 is 0 Å². The van der Waals surface area contributed by atoms with E-state index in [4.69, 9.17) is 0 Å². The van der Waals surface area contributed by atoms with Crippen LogP contribution in [0.15, 0.2) is 55.1 Å². The molecule has 88 valence electrons. The minimum atomic E-state index is 0.497. The smallest absolute Gasteiger partial charge is 0.0104 e. The summed E-state index contributed by atoms with van der Waals surface area (Å²) in [5.74, 6) is 1.18. The first-order chi connectivity index (χ1) is 8.19. The van der Waals surface area contributed by atoms with Gasteiger partial charge >= 0.3 is 0 Å². The number of rotatable bonds is 4. The Balaban J connectivity index is 2.54. The minimum Gasteiger partial charge on any atom is -0.0987 e. The molecule has 0 heterocycles. The Morgan fingerprint density at radius 2 is 1.88 bits per heavy atom. The molecule has 1 aliphatic carbocycles. The lowest BCUT2D eigenvalue weighted by Gasteiger charge is -2.16. The van der Waals surface area contributed by atoms with Gasteiger partial charge in [-0.15, -0.1) is 0 Å². The average molecular weight is 224 g/mol. The summed E-state index contributed by atoms with van der Waals surface area (Å²) in [6.07, 6.45) is 5.15. The quantitative estimate of drug-likeness (QED) is 0.678. The van der Waals surface area contributed by atoms with E-state index in [2.05, 4.69) is 51.3 Å². The lowest BCUT2D eigenvalue weighted by molar-refractivity contribution is 0.545. The van der Waals surface area contributed by atoms with Crippen LogP contribution in [0.4, 0.5) is 0 Å². The van der Waals surface area contributed by atoms with Crippen molar-refractivity contribution in [2.75, 3.05) is 0 Å². The number of hydrogen-bond donors (Lipinski definition) is 0. The Kier molecular flexibility index (Phi) is 3.33. The molecule has 0 aliphatic heterocycles. The highest BCUT2D eigenvalue weighted by atomic mass is 14.3. The lowest BCUT2D eigenvalue weighted by Crippen LogP contribution is -2.02. The minimum absolute atomic E-state index is 0.497. The molecule has 0 spiro atoms. The first-order valence-corrected chi connectivity index (χ1v) is 6.27. The Labute approximate surface area is 104 Å². The summed E-state index contributed by atoms with van der Waals surface area (Å²) in [5, 5.41) is 0. The first kappa shape index (κ1) is 11.9. The molecule has 0 amide bonds. The van der Waals surface area contributed by atoms with Crippen molar-refractivity contribution in [3.8, 4) is 0 Å². The maximum atomic E-state index is 3.98. The van der Waals surface area contributed by atoms with Crippen LogP contribution in [0.2, 0.25) is 0 Å². The normalized spacial score (nSPS) is 18.4. The van der Waals surface area contributed by atoms with Crippen molar-refractivity contribution >= 4 is 5.57 Å². The topological polar surface area (TPSA) is 0 Å². The molecule has 2 rings (SSSR count). The van der Waals surface area contributed by atoms with Crippen molar-refractivity contribution in [2.24, 2.45) is 5.92 Å². The van der Waals surface area contributed by atoms with Crippen LogP contribution in [0.1, 0.15) is 37.3 Å². The zero-order valence-electron chi connectivity index (χ0n) is 10.7. The van der Waals surface area contributed by atoms with Gasteiger partial charge in [-0.1, -0.05) is 63.4 Å². The molecule has 1 aliphatic rings. The predicted octanol–water partition coefficient (Wildman–Crippen LogP) is 4.96. The highest BCUT2D eigenvalue weighted by Gasteiger charge is 2.28. The second kappa shape index (κ2) is 4.75. The van der Waals surface area contributed by atoms with Crippen LogP contribution >= 0.6 is 0 Å². The summed E-state index contributed by atoms with van der Waals surface area (Å²) in [6.45, 7) is 12.5.